The first kappa shape index (κ1) is 27.7. The van der Waals surface area contributed by atoms with Crippen molar-refractivity contribution in [1.29, 1.82) is 0 Å². The van der Waals surface area contributed by atoms with E-state index in [1.807, 2.05) is 24.3 Å². The van der Waals surface area contributed by atoms with Crippen LogP contribution in [0.15, 0.2) is 177 Å². The van der Waals surface area contributed by atoms with Gasteiger partial charge in [0.05, 0.1) is 16.7 Å². The fraction of sp³-hybridized carbons (Fsp3) is 0. The highest BCUT2D eigenvalue weighted by atomic mass is 16.3. The number of benzene rings is 8. The Kier molecular flexibility index (Phi) is 5.47. The normalized spacial score (nSPS) is 12.2. The molecule has 0 aliphatic heterocycles. The first-order valence-corrected chi connectivity index (χ1v) is 17.6. The van der Waals surface area contributed by atoms with Gasteiger partial charge in [-0.05, 0) is 95.1 Å². The average Bonchev–Trinajstić information content (AvgIpc) is 3.96. The molecule has 0 amide bonds. The van der Waals surface area contributed by atoms with Gasteiger partial charge in [-0.25, -0.2) is 0 Å². The number of rotatable bonds is 3. The molecule has 4 heteroatoms. The van der Waals surface area contributed by atoms with Crippen molar-refractivity contribution in [1.82, 2.24) is 4.57 Å². The molecule has 0 saturated carbocycles. The second-order valence-corrected chi connectivity index (χ2v) is 13.7. The summed E-state index contributed by atoms with van der Waals surface area (Å²) in [5, 5.41) is 9.02. The zero-order valence-electron chi connectivity index (χ0n) is 27.8. The van der Waals surface area contributed by atoms with Crippen molar-refractivity contribution in [2.24, 2.45) is 0 Å². The van der Waals surface area contributed by atoms with Gasteiger partial charge in [0.25, 0.3) is 0 Å². The van der Waals surface area contributed by atoms with Crippen molar-refractivity contribution in [2.75, 3.05) is 0 Å². The standard InChI is InChI=1S/C48H27NO3/c1-5-13-40-32(9-1)33-10-2-6-14-41(33)49(40)42-27-31(30-19-21-46-37(25-30)35-12-4-8-16-44(35)51-46)26-39-38-24-29(18-22-47(38)52-48(39)42)28-17-20-45-36(23-28)34-11-3-7-15-43(34)50-45/h1-27H. The predicted molar refractivity (Wildman–Crippen MR) is 213 cm³/mol. The summed E-state index contributed by atoms with van der Waals surface area (Å²) in [4.78, 5) is 0. The van der Waals surface area contributed by atoms with Gasteiger partial charge >= 0.3 is 0 Å². The molecule has 0 bridgehead atoms. The van der Waals surface area contributed by atoms with Crippen LogP contribution in [0.2, 0.25) is 0 Å². The Bertz CT molecular complexity index is 3370. The molecule has 0 aliphatic carbocycles. The SMILES string of the molecule is c1ccc2c(c1)oc1ccc(-c3ccc4oc5c(-n6c7ccccc7c7ccccc76)cc(-c6ccc7oc8ccccc8c7c6)cc5c4c3)cc12. The molecule has 0 saturated heterocycles. The molecule has 0 fully saturated rings. The van der Waals surface area contributed by atoms with Gasteiger partial charge in [0.1, 0.15) is 27.9 Å². The van der Waals surface area contributed by atoms with Crippen LogP contribution in [0, 0.1) is 0 Å². The van der Waals surface area contributed by atoms with Crippen molar-refractivity contribution in [3.8, 4) is 27.9 Å². The van der Waals surface area contributed by atoms with E-state index >= 15 is 0 Å². The quantitative estimate of drug-likeness (QED) is 0.189. The van der Waals surface area contributed by atoms with Crippen LogP contribution in [-0.4, -0.2) is 4.57 Å². The number of hydrogen-bond donors (Lipinski definition) is 0. The summed E-state index contributed by atoms with van der Waals surface area (Å²) >= 11 is 0. The summed E-state index contributed by atoms with van der Waals surface area (Å²) in [6.07, 6.45) is 0. The zero-order valence-corrected chi connectivity index (χ0v) is 27.8. The van der Waals surface area contributed by atoms with Crippen molar-refractivity contribution in [3.05, 3.63) is 164 Å². The summed E-state index contributed by atoms with van der Waals surface area (Å²) in [7, 11) is 0. The summed E-state index contributed by atoms with van der Waals surface area (Å²) in [6, 6.07) is 57.9. The van der Waals surface area contributed by atoms with E-state index in [0.29, 0.717) is 0 Å². The summed E-state index contributed by atoms with van der Waals surface area (Å²) < 4.78 is 21.6. The highest BCUT2D eigenvalue weighted by molar-refractivity contribution is 6.15. The van der Waals surface area contributed by atoms with Crippen molar-refractivity contribution < 1.29 is 13.3 Å². The van der Waals surface area contributed by atoms with Crippen LogP contribution in [0.3, 0.4) is 0 Å². The lowest BCUT2D eigenvalue weighted by Gasteiger charge is -2.12. The van der Waals surface area contributed by atoms with Gasteiger partial charge in [-0.2, -0.15) is 0 Å². The number of para-hydroxylation sites is 4. The van der Waals surface area contributed by atoms with Crippen LogP contribution in [0.25, 0.3) is 116 Å². The number of furan rings is 3. The third kappa shape index (κ3) is 3.86. The third-order valence-electron chi connectivity index (χ3n) is 10.8. The van der Waals surface area contributed by atoms with E-state index in [1.54, 1.807) is 0 Å². The van der Waals surface area contributed by atoms with E-state index in [9.17, 15) is 0 Å². The molecule has 0 N–H and O–H groups in total. The van der Waals surface area contributed by atoms with Gasteiger partial charge in [-0.3, -0.25) is 0 Å². The monoisotopic (exact) mass is 665 g/mol. The van der Waals surface area contributed by atoms with Crippen LogP contribution in [0.4, 0.5) is 0 Å². The molecule has 0 radical (unpaired) electrons. The van der Waals surface area contributed by atoms with E-state index in [1.165, 1.54) is 10.8 Å². The molecular weight excluding hydrogens is 639 g/mol. The number of aromatic nitrogens is 1. The van der Waals surface area contributed by atoms with Crippen LogP contribution >= 0.6 is 0 Å². The highest BCUT2D eigenvalue weighted by Crippen LogP contribution is 2.43. The fourth-order valence-corrected chi connectivity index (χ4v) is 8.37. The van der Waals surface area contributed by atoms with Crippen LogP contribution < -0.4 is 0 Å². The van der Waals surface area contributed by atoms with E-state index in [4.69, 9.17) is 13.3 Å². The Morgan fingerprint density at radius 2 is 0.692 bits per heavy atom. The van der Waals surface area contributed by atoms with E-state index in [2.05, 4.69) is 144 Å². The highest BCUT2D eigenvalue weighted by Gasteiger charge is 2.20. The molecule has 4 heterocycles. The van der Waals surface area contributed by atoms with E-state index in [0.717, 1.165) is 105 Å². The minimum atomic E-state index is 0.851. The summed E-state index contributed by atoms with van der Waals surface area (Å²) in [5.74, 6) is 0. The van der Waals surface area contributed by atoms with Gasteiger partial charge in [0.2, 0.25) is 0 Å². The van der Waals surface area contributed by atoms with Crippen molar-refractivity contribution in [2.45, 2.75) is 0 Å². The maximum atomic E-state index is 6.87. The van der Waals surface area contributed by atoms with Gasteiger partial charge in [0, 0.05) is 43.1 Å². The first-order chi connectivity index (χ1) is 25.7. The van der Waals surface area contributed by atoms with Gasteiger partial charge in [-0.15, -0.1) is 0 Å². The zero-order chi connectivity index (χ0) is 33.9. The molecule has 12 rings (SSSR count). The lowest BCUT2D eigenvalue weighted by atomic mass is 9.98. The molecular formula is C48H27NO3. The number of hydrogen-bond acceptors (Lipinski definition) is 3. The third-order valence-corrected chi connectivity index (χ3v) is 10.8. The molecule has 0 aliphatic rings. The summed E-state index contributed by atoms with van der Waals surface area (Å²) in [6.45, 7) is 0. The van der Waals surface area contributed by atoms with E-state index < -0.39 is 0 Å². The second kappa shape index (κ2) is 10.3. The van der Waals surface area contributed by atoms with Gasteiger partial charge < -0.3 is 17.8 Å². The molecule has 4 aromatic heterocycles. The lowest BCUT2D eigenvalue weighted by molar-refractivity contribution is 0.666. The Morgan fingerprint density at radius 3 is 1.25 bits per heavy atom. The number of fused-ring (bicyclic) bond motifs is 12. The number of nitrogens with zero attached hydrogens (tertiary/aromatic N) is 1. The fourth-order valence-electron chi connectivity index (χ4n) is 8.37. The lowest BCUT2D eigenvalue weighted by Crippen LogP contribution is -1.95. The Hall–Kier alpha value is -7.04. The summed E-state index contributed by atoms with van der Waals surface area (Å²) in [5.41, 5.74) is 13.0. The molecule has 0 spiro atoms. The average molecular weight is 666 g/mol. The Balaban J connectivity index is 1.15. The minimum Gasteiger partial charge on any atom is -0.456 e. The van der Waals surface area contributed by atoms with Gasteiger partial charge in [0.15, 0.2) is 5.58 Å². The maximum absolute atomic E-state index is 6.87. The Labute approximate surface area is 296 Å². The topological polar surface area (TPSA) is 44.4 Å². The first-order valence-electron chi connectivity index (χ1n) is 17.6. The predicted octanol–water partition coefficient (Wildman–Crippen LogP) is 13.8. The molecule has 52 heavy (non-hydrogen) atoms. The molecule has 4 nitrogen and oxygen atoms in total. The molecule has 12 aromatic rings. The Morgan fingerprint density at radius 1 is 0.288 bits per heavy atom. The second-order valence-electron chi connectivity index (χ2n) is 13.7. The smallest absolute Gasteiger partial charge is 0.159 e. The molecule has 242 valence electrons. The van der Waals surface area contributed by atoms with Crippen LogP contribution in [0.1, 0.15) is 0 Å². The molecule has 0 unspecified atom stereocenters. The molecule has 8 aromatic carbocycles. The van der Waals surface area contributed by atoms with Gasteiger partial charge in [-0.1, -0.05) is 91.0 Å². The van der Waals surface area contributed by atoms with Crippen LogP contribution in [0.5, 0.6) is 0 Å². The maximum Gasteiger partial charge on any atom is 0.159 e. The van der Waals surface area contributed by atoms with Crippen LogP contribution in [-0.2, 0) is 0 Å². The van der Waals surface area contributed by atoms with Crippen molar-refractivity contribution >= 4 is 87.6 Å². The minimum absolute atomic E-state index is 0.851. The van der Waals surface area contributed by atoms with E-state index in [-0.39, 0.29) is 0 Å². The molecule has 0 atom stereocenters. The largest absolute Gasteiger partial charge is 0.456 e. The van der Waals surface area contributed by atoms with Crippen molar-refractivity contribution in [3.63, 3.8) is 0 Å².